The van der Waals surface area contributed by atoms with E-state index in [9.17, 15) is 0 Å². The molecule has 5 heteroatoms. The van der Waals surface area contributed by atoms with Gasteiger partial charge in [-0.15, -0.1) is 16.9 Å². The Morgan fingerprint density at radius 2 is 2.43 bits per heavy atom. The first kappa shape index (κ1) is 11.0. The lowest BCUT2D eigenvalue weighted by atomic mass is 10.3. The van der Waals surface area contributed by atoms with Crippen LogP contribution in [-0.4, -0.2) is 21.3 Å². The van der Waals surface area contributed by atoms with Gasteiger partial charge in [0.25, 0.3) is 0 Å². The van der Waals surface area contributed by atoms with Crippen molar-refractivity contribution in [1.29, 1.82) is 5.41 Å². The van der Waals surface area contributed by atoms with Crippen molar-refractivity contribution in [3.8, 4) is 0 Å². The third kappa shape index (κ3) is 2.70. The minimum atomic E-state index is 0.0469. The number of nitrogens with two attached hydrogens (primary N) is 1. The van der Waals surface area contributed by atoms with E-state index < -0.39 is 0 Å². The van der Waals surface area contributed by atoms with Crippen LogP contribution in [0.2, 0.25) is 0 Å². The van der Waals surface area contributed by atoms with Crippen molar-refractivity contribution in [3.63, 3.8) is 0 Å². The van der Waals surface area contributed by atoms with E-state index in [2.05, 4.69) is 24.0 Å². The Balaban J connectivity index is 2.90. The van der Waals surface area contributed by atoms with Gasteiger partial charge in [-0.25, -0.2) is 0 Å². The van der Waals surface area contributed by atoms with Gasteiger partial charge < -0.3 is 5.73 Å². The lowest BCUT2D eigenvalue weighted by Crippen LogP contribution is -2.14. The SMILES string of the molecule is CCC(C)Sc1nnccc1C(=N)N. The average Bonchev–Trinajstić information content (AvgIpc) is 2.18. The monoisotopic (exact) mass is 210 g/mol. The maximum atomic E-state index is 7.37. The van der Waals surface area contributed by atoms with Crippen LogP contribution in [0.15, 0.2) is 17.3 Å². The first-order chi connectivity index (χ1) is 6.65. The topological polar surface area (TPSA) is 75.7 Å². The number of aromatic nitrogens is 2. The molecule has 76 valence electrons. The zero-order valence-corrected chi connectivity index (χ0v) is 9.14. The molecule has 0 bridgehead atoms. The maximum Gasteiger partial charge on any atom is 0.130 e. The predicted octanol–water partition coefficient (Wildman–Crippen LogP) is 1.65. The Kier molecular flexibility index (Phi) is 3.88. The Hall–Kier alpha value is -1.10. The van der Waals surface area contributed by atoms with Gasteiger partial charge in [-0.3, -0.25) is 5.41 Å². The summed E-state index contributed by atoms with van der Waals surface area (Å²) in [6.07, 6.45) is 2.61. The fourth-order valence-corrected chi connectivity index (χ4v) is 1.83. The van der Waals surface area contributed by atoms with Gasteiger partial charge in [-0.2, -0.15) is 5.10 Å². The molecule has 0 saturated carbocycles. The first-order valence-electron chi connectivity index (χ1n) is 4.48. The largest absolute Gasteiger partial charge is 0.384 e. The highest BCUT2D eigenvalue weighted by Gasteiger charge is 2.10. The standard InChI is InChI=1S/C9H14N4S/c1-3-6(2)14-9-7(8(10)11)4-5-12-13-9/h4-6H,3H2,1-2H3,(H3,10,11). The fraction of sp³-hybridized carbons (Fsp3) is 0.444. The summed E-state index contributed by atoms with van der Waals surface area (Å²) in [5.74, 6) is 0.0469. The van der Waals surface area contributed by atoms with E-state index in [4.69, 9.17) is 11.1 Å². The van der Waals surface area contributed by atoms with E-state index in [1.165, 1.54) is 0 Å². The molecule has 0 saturated heterocycles. The normalized spacial score (nSPS) is 12.4. The number of nitrogens with zero attached hydrogens (tertiary/aromatic N) is 2. The molecule has 0 aliphatic heterocycles. The number of nitrogen functional groups attached to an aromatic ring is 1. The van der Waals surface area contributed by atoms with E-state index in [0.717, 1.165) is 11.4 Å². The molecule has 1 unspecified atom stereocenters. The third-order valence-electron chi connectivity index (χ3n) is 1.86. The second-order valence-electron chi connectivity index (χ2n) is 3.00. The van der Waals surface area contributed by atoms with Gasteiger partial charge in [0.15, 0.2) is 0 Å². The first-order valence-corrected chi connectivity index (χ1v) is 5.35. The van der Waals surface area contributed by atoms with Crippen LogP contribution in [0.1, 0.15) is 25.8 Å². The number of hydrogen-bond donors (Lipinski definition) is 2. The molecule has 0 amide bonds. The molecular formula is C9H14N4S. The van der Waals surface area contributed by atoms with Gasteiger partial charge >= 0.3 is 0 Å². The number of rotatable bonds is 4. The lowest BCUT2D eigenvalue weighted by Gasteiger charge is -2.09. The zero-order chi connectivity index (χ0) is 10.6. The minimum Gasteiger partial charge on any atom is -0.384 e. The summed E-state index contributed by atoms with van der Waals surface area (Å²) < 4.78 is 0. The lowest BCUT2D eigenvalue weighted by molar-refractivity contribution is 0.879. The fourth-order valence-electron chi connectivity index (χ4n) is 0.885. The number of nitrogens with one attached hydrogen (secondary N) is 1. The van der Waals surface area contributed by atoms with Crippen LogP contribution in [0, 0.1) is 5.41 Å². The molecule has 1 rings (SSSR count). The van der Waals surface area contributed by atoms with Crippen molar-refractivity contribution in [2.75, 3.05) is 0 Å². The molecule has 14 heavy (non-hydrogen) atoms. The van der Waals surface area contributed by atoms with Crippen molar-refractivity contribution in [3.05, 3.63) is 17.8 Å². The smallest absolute Gasteiger partial charge is 0.130 e. The summed E-state index contributed by atoms with van der Waals surface area (Å²) in [6, 6.07) is 1.72. The van der Waals surface area contributed by atoms with Gasteiger partial charge in [0, 0.05) is 5.25 Å². The molecule has 0 aromatic carbocycles. The zero-order valence-electron chi connectivity index (χ0n) is 8.32. The van der Waals surface area contributed by atoms with Gasteiger partial charge in [0.1, 0.15) is 10.9 Å². The van der Waals surface area contributed by atoms with Crippen LogP contribution in [-0.2, 0) is 0 Å². The molecule has 0 radical (unpaired) electrons. The highest BCUT2D eigenvalue weighted by Crippen LogP contribution is 2.25. The summed E-state index contributed by atoms with van der Waals surface area (Å²) >= 11 is 1.60. The predicted molar refractivity (Wildman–Crippen MR) is 58.7 cm³/mol. The maximum absolute atomic E-state index is 7.37. The molecule has 0 spiro atoms. The molecule has 0 aliphatic carbocycles. The minimum absolute atomic E-state index is 0.0469. The molecule has 0 aliphatic rings. The quantitative estimate of drug-likeness (QED) is 0.450. The molecule has 4 nitrogen and oxygen atoms in total. The summed E-state index contributed by atoms with van der Waals surface area (Å²) in [5, 5.41) is 16.4. The summed E-state index contributed by atoms with van der Waals surface area (Å²) in [4.78, 5) is 0. The van der Waals surface area contributed by atoms with Crippen molar-refractivity contribution in [2.24, 2.45) is 5.73 Å². The molecule has 1 aromatic rings. The number of thioether (sulfide) groups is 1. The Morgan fingerprint density at radius 1 is 1.71 bits per heavy atom. The molecule has 1 aromatic heterocycles. The van der Waals surface area contributed by atoms with Crippen LogP contribution in [0.25, 0.3) is 0 Å². The van der Waals surface area contributed by atoms with Crippen LogP contribution in [0.3, 0.4) is 0 Å². The molecule has 3 N–H and O–H groups in total. The van der Waals surface area contributed by atoms with Gasteiger partial charge in [-0.1, -0.05) is 13.8 Å². The van der Waals surface area contributed by atoms with Gasteiger partial charge in [0.05, 0.1) is 11.8 Å². The van der Waals surface area contributed by atoms with Crippen LogP contribution in [0.4, 0.5) is 0 Å². The van der Waals surface area contributed by atoms with E-state index in [1.54, 1.807) is 24.0 Å². The van der Waals surface area contributed by atoms with Crippen molar-refractivity contribution >= 4 is 17.6 Å². The van der Waals surface area contributed by atoms with Gasteiger partial charge in [0.2, 0.25) is 0 Å². The van der Waals surface area contributed by atoms with Crippen LogP contribution in [0.5, 0.6) is 0 Å². The highest BCUT2D eigenvalue weighted by molar-refractivity contribution is 7.99. The molecule has 1 heterocycles. The third-order valence-corrected chi connectivity index (χ3v) is 3.13. The van der Waals surface area contributed by atoms with E-state index in [1.807, 2.05) is 0 Å². The second kappa shape index (κ2) is 4.95. The summed E-state index contributed by atoms with van der Waals surface area (Å²) in [6.45, 7) is 4.23. The van der Waals surface area contributed by atoms with Crippen molar-refractivity contribution < 1.29 is 0 Å². The Bertz CT molecular complexity index is 326. The number of hydrogen-bond acceptors (Lipinski definition) is 4. The van der Waals surface area contributed by atoms with Crippen LogP contribution < -0.4 is 5.73 Å². The summed E-state index contributed by atoms with van der Waals surface area (Å²) in [7, 11) is 0. The second-order valence-corrected chi connectivity index (χ2v) is 4.43. The van der Waals surface area contributed by atoms with Crippen molar-refractivity contribution in [1.82, 2.24) is 10.2 Å². The molecule has 1 atom stereocenters. The Labute approximate surface area is 87.8 Å². The molecule has 0 fully saturated rings. The Morgan fingerprint density at radius 3 is 3.00 bits per heavy atom. The summed E-state index contributed by atoms with van der Waals surface area (Å²) in [5.41, 5.74) is 6.11. The molecular weight excluding hydrogens is 196 g/mol. The van der Waals surface area contributed by atoms with E-state index >= 15 is 0 Å². The van der Waals surface area contributed by atoms with Crippen molar-refractivity contribution in [2.45, 2.75) is 30.5 Å². The van der Waals surface area contributed by atoms with Gasteiger partial charge in [-0.05, 0) is 12.5 Å². The number of amidine groups is 1. The highest BCUT2D eigenvalue weighted by atomic mass is 32.2. The average molecular weight is 210 g/mol. The van der Waals surface area contributed by atoms with E-state index in [-0.39, 0.29) is 5.84 Å². The van der Waals surface area contributed by atoms with E-state index in [0.29, 0.717) is 10.8 Å². The van der Waals surface area contributed by atoms with Crippen LogP contribution >= 0.6 is 11.8 Å².